The molecule has 5 aliphatic rings. The summed E-state index contributed by atoms with van der Waals surface area (Å²) in [5, 5.41) is 22.4. The van der Waals surface area contributed by atoms with Crippen molar-refractivity contribution < 1.29 is 24.6 Å². The van der Waals surface area contributed by atoms with Crippen LogP contribution in [0.1, 0.15) is 99.8 Å². The fraction of sp³-hybridized carbons (Fsp3) is 0.833. The standard InChI is InChI=1S/C30H44O5/c1-17-10-13-30(24(33)34)15-14-27(5)18(22(30)29(17,7)35)8-9-21-26(4)16-19(31)23(32)25(2,3)20(26)11-12-28(21,27)6/h8,17,20-22,35H,9-16H2,1-7H3,(H,33,34)/t17-,20?,21-,22-,26+,27-,28-,29-,30+/m1/s1. The van der Waals surface area contributed by atoms with Gasteiger partial charge < -0.3 is 10.2 Å². The predicted molar refractivity (Wildman–Crippen MR) is 133 cm³/mol. The number of carboxylic acids is 1. The van der Waals surface area contributed by atoms with Crippen molar-refractivity contribution in [2.24, 2.45) is 50.7 Å². The highest BCUT2D eigenvalue weighted by Crippen LogP contribution is 2.75. The van der Waals surface area contributed by atoms with Gasteiger partial charge in [0.1, 0.15) is 0 Å². The van der Waals surface area contributed by atoms with E-state index >= 15 is 0 Å². The number of carboxylic acid groups (broad SMARTS) is 1. The van der Waals surface area contributed by atoms with Crippen LogP contribution in [0.5, 0.6) is 0 Å². The number of allylic oxidation sites excluding steroid dienone is 1. The highest BCUT2D eigenvalue weighted by molar-refractivity contribution is 6.39. The molecule has 0 aromatic carbocycles. The van der Waals surface area contributed by atoms with Gasteiger partial charge in [0.2, 0.25) is 5.78 Å². The van der Waals surface area contributed by atoms with Crippen molar-refractivity contribution in [2.45, 2.75) is 105 Å². The zero-order valence-corrected chi connectivity index (χ0v) is 22.7. The lowest BCUT2D eigenvalue weighted by molar-refractivity contribution is -0.206. The van der Waals surface area contributed by atoms with Crippen molar-refractivity contribution in [3.63, 3.8) is 0 Å². The summed E-state index contributed by atoms with van der Waals surface area (Å²) in [7, 11) is 0. The van der Waals surface area contributed by atoms with Crippen molar-refractivity contribution in [2.75, 3.05) is 0 Å². The van der Waals surface area contributed by atoms with E-state index in [1.807, 2.05) is 20.8 Å². The average molecular weight is 485 g/mol. The Balaban J connectivity index is 1.66. The first-order valence-corrected chi connectivity index (χ1v) is 13.7. The quantitative estimate of drug-likeness (QED) is 0.374. The molecule has 9 atom stereocenters. The summed E-state index contributed by atoms with van der Waals surface area (Å²) in [5.74, 6) is -1.17. The third kappa shape index (κ3) is 2.77. The van der Waals surface area contributed by atoms with Crippen LogP contribution >= 0.6 is 0 Å². The van der Waals surface area contributed by atoms with E-state index in [-0.39, 0.29) is 45.6 Å². The molecule has 194 valence electrons. The number of carbonyl (C=O) groups excluding carboxylic acids is 2. The first kappa shape index (κ1) is 25.2. The lowest BCUT2D eigenvalue weighted by Crippen LogP contribution is -2.68. The summed E-state index contributed by atoms with van der Waals surface area (Å²) < 4.78 is 0. The molecular formula is C30H44O5. The van der Waals surface area contributed by atoms with Gasteiger partial charge in [-0.25, -0.2) is 0 Å². The highest BCUT2D eigenvalue weighted by atomic mass is 16.4. The Kier molecular flexibility index (Phi) is 5.09. The second-order valence-corrected chi connectivity index (χ2v) is 14.5. The number of Topliss-reactive ketones (excluding diaryl/α,β-unsaturated/α-hetero) is 2. The third-order valence-corrected chi connectivity index (χ3v) is 13.0. The van der Waals surface area contributed by atoms with Crippen LogP contribution in [0, 0.1) is 50.7 Å². The molecule has 0 bridgehead atoms. The molecule has 0 aromatic heterocycles. The third-order valence-electron chi connectivity index (χ3n) is 13.0. The minimum absolute atomic E-state index is 0.0322. The summed E-state index contributed by atoms with van der Waals surface area (Å²) in [6.45, 7) is 14.8. The Morgan fingerprint density at radius 1 is 0.943 bits per heavy atom. The van der Waals surface area contributed by atoms with Crippen molar-refractivity contribution in [1.82, 2.24) is 0 Å². The number of rotatable bonds is 1. The summed E-state index contributed by atoms with van der Waals surface area (Å²) in [6, 6.07) is 0. The Bertz CT molecular complexity index is 1040. The fourth-order valence-electron chi connectivity index (χ4n) is 10.6. The maximum atomic E-state index is 13.0. The minimum atomic E-state index is -1.08. The highest BCUT2D eigenvalue weighted by Gasteiger charge is 2.72. The van der Waals surface area contributed by atoms with Gasteiger partial charge in [-0.15, -0.1) is 0 Å². The molecule has 5 heteroatoms. The number of fused-ring (bicyclic) bond motifs is 7. The van der Waals surface area contributed by atoms with E-state index in [0.717, 1.165) is 37.7 Å². The number of hydrogen-bond acceptors (Lipinski definition) is 4. The summed E-state index contributed by atoms with van der Waals surface area (Å²) in [6.07, 6.45) is 7.95. The first-order valence-electron chi connectivity index (χ1n) is 13.7. The van der Waals surface area contributed by atoms with Crippen LogP contribution in [-0.4, -0.2) is 33.3 Å². The minimum Gasteiger partial charge on any atom is -0.481 e. The lowest BCUT2D eigenvalue weighted by atomic mass is 9.33. The molecule has 0 radical (unpaired) electrons. The number of hydrogen-bond donors (Lipinski definition) is 2. The maximum Gasteiger partial charge on any atom is 0.310 e. The van der Waals surface area contributed by atoms with Gasteiger partial charge in [0.15, 0.2) is 5.78 Å². The van der Waals surface area contributed by atoms with Crippen LogP contribution in [-0.2, 0) is 14.4 Å². The van der Waals surface area contributed by atoms with E-state index in [1.165, 1.54) is 0 Å². The molecule has 2 N–H and O–H groups in total. The molecule has 5 nitrogen and oxygen atoms in total. The zero-order chi connectivity index (χ0) is 26.0. The van der Waals surface area contributed by atoms with E-state index in [9.17, 15) is 24.6 Å². The SMILES string of the molecule is C[C@@H]1CC[C@]2(C(=O)O)CC[C@]3(C)C(=CC[C@@H]4[C@@]5(C)CC(=O)C(=O)C(C)(C)C5CC[C@]43C)[C@@H]2[C@]1(C)O. The van der Waals surface area contributed by atoms with Crippen molar-refractivity contribution in [3.8, 4) is 0 Å². The second-order valence-electron chi connectivity index (χ2n) is 14.5. The number of aliphatic hydroxyl groups is 1. The first-order chi connectivity index (χ1) is 16.0. The Hall–Kier alpha value is -1.49. The number of aliphatic carboxylic acids is 1. The summed E-state index contributed by atoms with van der Waals surface area (Å²) in [5.41, 5.74) is -2.13. The van der Waals surface area contributed by atoms with Crippen LogP contribution < -0.4 is 0 Å². The molecule has 0 amide bonds. The van der Waals surface area contributed by atoms with Crippen molar-refractivity contribution in [1.29, 1.82) is 0 Å². The fourth-order valence-corrected chi connectivity index (χ4v) is 10.6. The maximum absolute atomic E-state index is 13.0. The molecule has 0 aromatic rings. The zero-order valence-electron chi connectivity index (χ0n) is 22.7. The van der Waals surface area contributed by atoms with E-state index in [2.05, 4.69) is 33.8 Å². The molecule has 0 heterocycles. The van der Waals surface area contributed by atoms with Crippen LogP contribution in [0.25, 0.3) is 0 Å². The van der Waals surface area contributed by atoms with Gasteiger partial charge in [-0.05, 0) is 85.9 Å². The van der Waals surface area contributed by atoms with Gasteiger partial charge in [-0.2, -0.15) is 0 Å². The molecule has 0 aliphatic heterocycles. The second kappa shape index (κ2) is 7.08. The Labute approximate surface area is 210 Å². The lowest BCUT2D eigenvalue weighted by Gasteiger charge is -2.71. The number of carbonyl (C=O) groups is 3. The van der Waals surface area contributed by atoms with Crippen molar-refractivity contribution >= 4 is 17.5 Å². The van der Waals surface area contributed by atoms with Crippen LogP contribution in [0.15, 0.2) is 11.6 Å². The van der Waals surface area contributed by atoms with Crippen LogP contribution in [0.2, 0.25) is 0 Å². The smallest absolute Gasteiger partial charge is 0.310 e. The molecule has 1 unspecified atom stereocenters. The largest absolute Gasteiger partial charge is 0.481 e. The monoisotopic (exact) mass is 484 g/mol. The van der Waals surface area contributed by atoms with Crippen molar-refractivity contribution in [3.05, 3.63) is 11.6 Å². The van der Waals surface area contributed by atoms with Gasteiger partial charge in [0.25, 0.3) is 0 Å². The molecule has 0 spiro atoms. The molecular weight excluding hydrogens is 440 g/mol. The average Bonchev–Trinajstić information content (AvgIpc) is 2.75. The topological polar surface area (TPSA) is 91.7 Å². The van der Waals surface area contributed by atoms with E-state index in [4.69, 9.17) is 0 Å². The van der Waals surface area contributed by atoms with Gasteiger partial charge >= 0.3 is 5.97 Å². The van der Waals surface area contributed by atoms with E-state index in [0.29, 0.717) is 19.3 Å². The molecule has 4 fully saturated rings. The van der Waals surface area contributed by atoms with E-state index in [1.54, 1.807) is 0 Å². The molecule has 0 saturated heterocycles. The van der Waals surface area contributed by atoms with Gasteiger partial charge in [-0.1, -0.05) is 53.2 Å². The normalized spacial score (nSPS) is 53.0. The summed E-state index contributed by atoms with van der Waals surface area (Å²) >= 11 is 0. The Morgan fingerprint density at radius 3 is 2.23 bits per heavy atom. The summed E-state index contributed by atoms with van der Waals surface area (Å²) in [4.78, 5) is 38.7. The predicted octanol–water partition coefficient (Wildman–Crippen LogP) is 5.59. The Morgan fingerprint density at radius 2 is 1.60 bits per heavy atom. The number of ketones is 2. The van der Waals surface area contributed by atoms with Crippen LogP contribution in [0.4, 0.5) is 0 Å². The van der Waals surface area contributed by atoms with Crippen LogP contribution in [0.3, 0.4) is 0 Å². The van der Waals surface area contributed by atoms with Gasteiger partial charge in [-0.3, -0.25) is 14.4 Å². The molecule has 4 saturated carbocycles. The van der Waals surface area contributed by atoms with E-state index < -0.39 is 28.3 Å². The molecule has 5 rings (SSSR count). The van der Waals surface area contributed by atoms with Gasteiger partial charge in [0, 0.05) is 17.8 Å². The molecule has 5 aliphatic carbocycles. The van der Waals surface area contributed by atoms with Gasteiger partial charge in [0.05, 0.1) is 11.0 Å². The molecule has 35 heavy (non-hydrogen) atoms.